The first-order chi connectivity index (χ1) is 33.1. The Balaban J connectivity index is 4.36. The molecule has 0 saturated carbocycles. The molecule has 68 heavy (non-hydrogen) atoms. The van der Waals surface area contributed by atoms with E-state index in [0.717, 1.165) is 96.3 Å². The summed E-state index contributed by atoms with van der Waals surface area (Å²) in [5.41, 5.74) is 0. The molecule has 0 spiro atoms. The number of hydrogen-bond donors (Lipinski definition) is 0. The molecule has 0 bridgehead atoms. The van der Waals surface area contributed by atoms with E-state index in [0.29, 0.717) is 17.4 Å². The molecule has 0 amide bonds. The van der Waals surface area contributed by atoms with E-state index in [-0.39, 0.29) is 38.6 Å². The monoisotopic (exact) mass is 950 g/mol. The van der Waals surface area contributed by atoms with Crippen LogP contribution in [0.5, 0.6) is 0 Å². The van der Waals surface area contributed by atoms with Crippen molar-refractivity contribution in [2.24, 2.45) is 0 Å². The SMILES string of the molecule is CC/C=C\C/C=C\C/C=C\C/C=C\C/C=C\C/C=C\C/C=C\C/C=C\CCCCCCC(=O)OC(COC(=O)CCCCCCCCCCCCCCCC)COC(OCC[N+](C)(C)C)C(=O)[O-]. The fraction of sp³-hybridized carbons (Fsp3) is 0.678. The number of quaternary nitrogens is 1. The standard InChI is InChI=1S/C59H99NO8/c1-6-8-10-12-14-16-18-20-22-23-24-25-26-27-28-29-30-31-32-33-34-35-36-38-40-42-44-46-48-50-57(62)68-55(54-67-59(58(63)64)65-52-51-60(3,4)5)53-66-56(61)49-47-45-43-41-39-37-21-19-17-15-13-11-9-7-2/h8,10,14,16,20,22,24-25,27-28,30-31,33-34,36,38,55,59H,6-7,9,11-13,15,17-19,21,23,26,29,32,35,37,39-54H2,1-5H3/b10-8-,16-14-,22-20-,25-24-,28-27-,31-30-,34-33-,38-36-. The highest BCUT2D eigenvalue weighted by Crippen LogP contribution is 2.15. The Morgan fingerprint density at radius 1 is 0.456 bits per heavy atom. The van der Waals surface area contributed by atoms with Gasteiger partial charge in [-0.15, -0.1) is 0 Å². The Bertz CT molecular complexity index is 1430. The number of likely N-dealkylation sites (N-methyl/N-ethyl adjacent to an activating group) is 1. The van der Waals surface area contributed by atoms with Gasteiger partial charge in [0.1, 0.15) is 13.2 Å². The second-order valence-corrected chi connectivity index (χ2v) is 18.8. The number of carbonyl (C=O) groups excluding carboxylic acids is 3. The lowest BCUT2D eigenvalue weighted by Crippen LogP contribution is -2.44. The second-order valence-electron chi connectivity index (χ2n) is 18.8. The highest BCUT2D eigenvalue weighted by atomic mass is 16.7. The minimum Gasteiger partial charge on any atom is -0.545 e. The van der Waals surface area contributed by atoms with E-state index < -0.39 is 24.3 Å². The quantitative estimate of drug-likeness (QED) is 0.0195. The molecule has 0 aromatic heterocycles. The Morgan fingerprint density at radius 3 is 1.25 bits per heavy atom. The molecule has 388 valence electrons. The van der Waals surface area contributed by atoms with Gasteiger partial charge in [-0.05, 0) is 77.0 Å². The van der Waals surface area contributed by atoms with Crippen molar-refractivity contribution in [2.45, 2.75) is 212 Å². The van der Waals surface area contributed by atoms with Crippen LogP contribution < -0.4 is 5.11 Å². The number of unbranched alkanes of at least 4 members (excludes halogenated alkanes) is 17. The van der Waals surface area contributed by atoms with E-state index >= 15 is 0 Å². The van der Waals surface area contributed by atoms with Gasteiger partial charge in [0.25, 0.3) is 0 Å². The maximum atomic E-state index is 12.8. The van der Waals surface area contributed by atoms with Crippen LogP contribution in [0.4, 0.5) is 0 Å². The summed E-state index contributed by atoms with van der Waals surface area (Å²) in [6, 6.07) is 0. The van der Waals surface area contributed by atoms with Crippen LogP contribution in [0.2, 0.25) is 0 Å². The average molecular weight is 950 g/mol. The molecule has 0 aliphatic rings. The zero-order valence-corrected chi connectivity index (χ0v) is 43.9. The molecule has 0 saturated heterocycles. The maximum absolute atomic E-state index is 12.8. The van der Waals surface area contributed by atoms with Crippen LogP contribution in [0.1, 0.15) is 200 Å². The minimum atomic E-state index is -1.63. The molecule has 0 aliphatic heterocycles. The lowest BCUT2D eigenvalue weighted by atomic mass is 10.0. The van der Waals surface area contributed by atoms with Crippen LogP contribution in [-0.4, -0.2) is 82.3 Å². The van der Waals surface area contributed by atoms with Crippen molar-refractivity contribution in [3.63, 3.8) is 0 Å². The third kappa shape index (κ3) is 50.1. The first-order valence-electron chi connectivity index (χ1n) is 26.9. The lowest BCUT2D eigenvalue weighted by molar-refractivity contribution is -0.870. The number of allylic oxidation sites excluding steroid dienone is 16. The summed E-state index contributed by atoms with van der Waals surface area (Å²) < 4.78 is 22.6. The number of carboxylic acid groups (broad SMARTS) is 1. The van der Waals surface area contributed by atoms with Crippen molar-refractivity contribution in [1.82, 2.24) is 0 Å². The summed E-state index contributed by atoms with van der Waals surface area (Å²) in [6.07, 6.45) is 63.0. The topological polar surface area (TPSA) is 111 Å². The number of carbonyl (C=O) groups is 3. The minimum absolute atomic E-state index is 0.138. The molecule has 0 aromatic rings. The van der Waals surface area contributed by atoms with Crippen LogP contribution in [0.15, 0.2) is 97.2 Å². The summed E-state index contributed by atoms with van der Waals surface area (Å²) in [7, 11) is 5.90. The zero-order chi connectivity index (χ0) is 49.9. The molecule has 0 rings (SSSR count). The van der Waals surface area contributed by atoms with Crippen molar-refractivity contribution >= 4 is 17.9 Å². The predicted molar refractivity (Wildman–Crippen MR) is 283 cm³/mol. The molecule has 0 heterocycles. The molecule has 0 fully saturated rings. The smallest absolute Gasteiger partial charge is 0.306 e. The maximum Gasteiger partial charge on any atom is 0.306 e. The summed E-state index contributed by atoms with van der Waals surface area (Å²) in [5, 5.41) is 11.7. The summed E-state index contributed by atoms with van der Waals surface area (Å²) >= 11 is 0. The Kier molecular flexibility index (Phi) is 46.9. The first-order valence-corrected chi connectivity index (χ1v) is 26.9. The molecule has 9 heteroatoms. The van der Waals surface area contributed by atoms with Gasteiger partial charge >= 0.3 is 11.9 Å². The Hall–Kier alpha value is -3.79. The number of esters is 2. The van der Waals surface area contributed by atoms with E-state index in [1.54, 1.807) is 0 Å². The Morgan fingerprint density at radius 2 is 0.838 bits per heavy atom. The summed E-state index contributed by atoms with van der Waals surface area (Å²) in [5.74, 6) is -2.32. The van der Waals surface area contributed by atoms with Crippen LogP contribution in [0.3, 0.4) is 0 Å². The molecule has 0 aliphatic carbocycles. The molecule has 2 unspecified atom stereocenters. The molecule has 0 aromatic carbocycles. The van der Waals surface area contributed by atoms with Crippen molar-refractivity contribution in [1.29, 1.82) is 0 Å². The highest BCUT2D eigenvalue weighted by molar-refractivity contribution is 5.70. The van der Waals surface area contributed by atoms with Crippen LogP contribution >= 0.6 is 0 Å². The average Bonchev–Trinajstić information content (AvgIpc) is 3.30. The molecular weight excluding hydrogens is 851 g/mol. The van der Waals surface area contributed by atoms with E-state index in [4.69, 9.17) is 18.9 Å². The number of rotatable bonds is 48. The van der Waals surface area contributed by atoms with Gasteiger partial charge in [-0.1, -0.05) is 207 Å². The summed E-state index contributed by atoms with van der Waals surface area (Å²) in [6.45, 7) is 4.59. The number of ether oxygens (including phenoxy) is 4. The molecule has 0 radical (unpaired) electrons. The second kappa shape index (κ2) is 49.6. The van der Waals surface area contributed by atoms with Gasteiger partial charge < -0.3 is 33.3 Å². The largest absolute Gasteiger partial charge is 0.545 e. The molecule has 0 N–H and O–H groups in total. The van der Waals surface area contributed by atoms with Crippen molar-refractivity contribution in [2.75, 3.05) is 47.5 Å². The predicted octanol–water partition coefficient (Wildman–Crippen LogP) is 14.1. The normalized spacial score (nSPS) is 13.6. The number of hydrogen-bond acceptors (Lipinski definition) is 8. The van der Waals surface area contributed by atoms with Crippen molar-refractivity contribution in [3.8, 4) is 0 Å². The fourth-order valence-electron chi connectivity index (χ4n) is 6.96. The van der Waals surface area contributed by atoms with E-state index in [1.165, 1.54) is 70.6 Å². The van der Waals surface area contributed by atoms with E-state index in [1.807, 2.05) is 21.1 Å². The third-order valence-corrected chi connectivity index (χ3v) is 11.1. The van der Waals surface area contributed by atoms with Gasteiger partial charge in [0, 0.05) is 12.8 Å². The van der Waals surface area contributed by atoms with Crippen molar-refractivity contribution in [3.05, 3.63) is 97.2 Å². The van der Waals surface area contributed by atoms with Gasteiger partial charge in [0.2, 0.25) is 0 Å². The van der Waals surface area contributed by atoms with Crippen LogP contribution in [0.25, 0.3) is 0 Å². The lowest BCUT2D eigenvalue weighted by Gasteiger charge is -2.26. The van der Waals surface area contributed by atoms with Gasteiger partial charge in [-0.25, -0.2) is 0 Å². The number of aliphatic carboxylic acids is 1. The highest BCUT2D eigenvalue weighted by Gasteiger charge is 2.22. The van der Waals surface area contributed by atoms with Gasteiger partial charge in [-0.3, -0.25) is 9.59 Å². The van der Waals surface area contributed by atoms with Gasteiger partial charge in [0.15, 0.2) is 12.4 Å². The zero-order valence-electron chi connectivity index (χ0n) is 43.9. The van der Waals surface area contributed by atoms with Crippen molar-refractivity contribution < 1.29 is 42.9 Å². The van der Waals surface area contributed by atoms with Gasteiger partial charge in [0.05, 0.1) is 40.3 Å². The molecule has 2 atom stereocenters. The van der Waals surface area contributed by atoms with Crippen LogP contribution in [0, 0.1) is 0 Å². The first kappa shape index (κ1) is 64.2. The fourth-order valence-corrected chi connectivity index (χ4v) is 6.96. The number of carboxylic acids is 1. The van der Waals surface area contributed by atoms with E-state index in [2.05, 4.69) is 111 Å². The van der Waals surface area contributed by atoms with Crippen LogP contribution in [-0.2, 0) is 33.3 Å². The van der Waals surface area contributed by atoms with Gasteiger partial charge in [-0.2, -0.15) is 0 Å². The Labute approximate surface area is 416 Å². The molecular formula is C59H99NO8. The third-order valence-electron chi connectivity index (χ3n) is 11.1. The molecule has 9 nitrogen and oxygen atoms in total. The summed E-state index contributed by atoms with van der Waals surface area (Å²) in [4.78, 5) is 37.2. The number of nitrogens with zero attached hydrogens (tertiary/aromatic N) is 1. The van der Waals surface area contributed by atoms with E-state index in [9.17, 15) is 19.5 Å².